The Morgan fingerprint density at radius 3 is 2.67 bits per heavy atom. The van der Waals surface area contributed by atoms with E-state index in [1.165, 1.54) is 6.07 Å². The molecular weight excluding hydrogens is 279 g/mol. The third kappa shape index (κ3) is 2.85. The van der Waals surface area contributed by atoms with Gasteiger partial charge in [-0.25, -0.2) is 4.98 Å². The molecule has 6 heteroatoms. The van der Waals surface area contributed by atoms with Crippen LogP contribution in [0, 0.1) is 0 Å². The van der Waals surface area contributed by atoms with E-state index in [-0.39, 0.29) is 0 Å². The molecule has 0 aliphatic carbocycles. The number of rotatable bonds is 1. The number of aromatic nitrogens is 1. The van der Waals surface area contributed by atoms with Crippen LogP contribution in [-0.4, -0.2) is 18.1 Å². The predicted molar refractivity (Wildman–Crippen MR) is 74.4 cm³/mol. The number of benzene rings is 1. The fraction of sp³-hybridized carbons (Fsp3) is 0.267. The first kappa shape index (κ1) is 13.9. The Morgan fingerprint density at radius 2 is 1.86 bits per heavy atom. The standard InChI is InChI=1S/C15H14F3N3/c16-15(17,18)13-6-3-7-14(20-13)21-9-8-19-10-11-4-1-2-5-12(11)21/h1-7,19H,8-10H2. The van der Waals surface area contributed by atoms with Crippen molar-refractivity contribution in [3.63, 3.8) is 0 Å². The first-order valence-corrected chi connectivity index (χ1v) is 6.66. The normalized spacial score (nSPS) is 15.5. The van der Waals surface area contributed by atoms with Gasteiger partial charge >= 0.3 is 6.18 Å². The quantitative estimate of drug-likeness (QED) is 0.874. The maximum Gasteiger partial charge on any atom is 0.433 e. The minimum Gasteiger partial charge on any atom is -0.325 e. The van der Waals surface area contributed by atoms with Crippen molar-refractivity contribution in [2.24, 2.45) is 0 Å². The van der Waals surface area contributed by atoms with Gasteiger partial charge in [0.05, 0.1) is 0 Å². The number of para-hydroxylation sites is 1. The van der Waals surface area contributed by atoms with E-state index in [2.05, 4.69) is 10.3 Å². The zero-order valence-corrected chi connectivity index (χ0v) is 11.2. The van der Waals surface area contributed by atoms with Crippen LogP contribution in [0.1, 0.15) is 11.3 Å². The van der Waals surface area contributed by atoms with Crippen LogP contribution in [0.2, 0.25) is 0 Å². The van der Waals surface area contributed by atoms with Gasteiger partial charge in [-0.1, -0.05) is 24.3 Å². The largest absolute Gasteiger partial charge is 0.433 e. The molecule has 0 amide bonds. The minimum absolute atomic E-state index is 0.320. The molecule has 0 saturated heterocycles. The van der Waals surface area contributed by atoms with Gasteiger partial charge in [-0.05, 0) is 23.8 Å². The third-order valence-electron chi connectivity index (χ3n) is 3.41. The molecule has 0 bridgehead atoms. The van der Waals surface area contributed by atoms with Crippen LogP contribution < -0.4 is 10.2 Å². The Morgan fingerprint density at radius 1 is 1.05 bits per heavy atom. The van der Waals surface area contributed by atoms with Crippen LogP contribution in [0.3, 0.4) is 0 Å². The lowest BCUT2D eigenvalue weighted by molar-refractivity contribution is -0.141. The molecule has 0 unspecified atom stereocenters. The number of nitrogens with zero attached hydrogens (tertiary/aromatic N) is 2. The van der Waals surface area contributed by atoms with E-state index in [4.69, 9.17) is 0 Å². The van der Waals surface area contributed by atoms with Crippen LogP contribution in [0.4, 0.5) is 24.7 Å². The van der Waals surface area contributed by atoms with Gasteiger partial charge < -0.3 is 10.2 Å². The molecule has 1 N–H and O–H groups in total. The average molecular weight is 293 g/mol. The van der Waals surface area contributed by atoms with Crippen LogP contribution in [0.15, 0.2) is 42.5 Å². The summed E-state index contributed by atoms with van der Waals surface area (Å²) in [5.41, 5.74) is 1.08. The van der Waals surface area contributed by atoms with Crippen LogP contribution in [-0.2, 0) is 12.7 Å². The molecule has 1 aliphatic heterocycles. The van der Waals surface area contributed by atoms with Gasteiger partial charge in [-0.3, -0.25) is 0 Å². The molecule has 0 radical (unpaired) electrons. The molecule has 2 aromatic rings. The highest BCUT2D eigenvalue weighted by Crippen LogP contribution is 2.32. The first-order valence-electron chi connectivity index (χ1n) is 6.66. The number of hydrogen-bond donors (Lipinski definition) is 1. The third-order valence-corrected chi connectivity index (χ3v) is 3.41. The highest BCUT2D eigenvalue weighted by Gasteiger charge is 2.33. The summed E-state index contributed by atoms with van der Waals surface area (Å²) in [6, 6.07) is 11.7. The summed E-state index contributed by atoms with van der Waals surface area (Å²) in [7, 11) is 0. The summed E-state index contributed by atoms with van der Waals surface area (Å²) >= 11 is 0. The Balaban J connectivity index is 2.04. The van der Waals surface area contributed by atoms with Crippen molar-refractivity contribution in [2.75, 3.05) is 18.0 Å². The van der Waals surface area contributed by atoms with Gasteiger partial charge in [0, 0.05) is 25.3 Å². The van der Waals surface area contributed by atoms with Crippen molar-refractivity contribution in [3.05, 3.63) is 53.7 Å². The lowest BCUT2D eigenvalue weighted by atomic mass is 10.1. The Hall–Kier alpha value is -2.08. The average Bonchev–Trinajstić information content (AvgIpc) is 2.69. The number of nitrogens with one attached hydrogen (secondary N) is 1. The van der Waals surface area contributed by atoms with Crippen LogP contribution >= 0.6 is 0 Å². The first-order chi connectivity index (χ1) is 10.1. The van der Waals surface area contributed by atoms with Gasteiger partial charge in [0.25, 0.3) is 0 Å². The van der Waals surface area contributed by atoms with Crippen molar-refractivity contribution in [2.45, 2.75) is 12.7 Å². The molecule has 1 aromatic heterocycles. The van der Waals surface area contributed by atoms with Gasteiger partial charge in [0.15, 0.2) is 0 Å². The lowest BCUT2D eigenvalue weighted by Gasteiger charge is -2.24. The highest BCUT2D eigenvalue weighted by molar-refractivity contribution is 5.64. The zero-order chi connectivity index (χ0) is 14.9. The van der Waals surface area contributed by atoms with Crippen molar-refractivity contribution in [3.8, 4) is 0 Å². The number of alkyl halides is 3. The van der Waals surface area contributed by atoms with E-state index < -0.39 is 11.9 Å². The molecule has 21 heavy (non-hydrogen) atoms. The number of halogens is 3. The second-order valence-electron chi connectivity index (χ2n) is 4.84. The summed E-state index contributed by atoms with van der Waals surface area (Å²) in [4.78, 5) is 5.61. The second-order valence-corrected chi connectivity index (χ2v) is 4.84. The summed E-state index contributed by atoms with van der Waals surface area (Å²) in [5, 5.41) is 3.26. The predicted octanol–water partition coefficient (Wildman–Crippen LogP) is 3.34. The van der Waals surface area contributed by atoms with Crippen molar-refractivity contribution in [1.29, 1.82) is 0 Å². The fourth-order valence-corrected chi connectivity index (χ4v) is 2.43. The van der Waals surface area contributed by atoms with E-state index in [0.717, 1.165) is 17.3 Å². The molecule has 1 aromatic carbocycles. The lowest BCUT2D eigenvalue weighted by Crippen LogP contribution is -2.25. The molecule has 2 heterocycles. The van der Waals surface area contributed by atoms with Crippen LogP contribution in [0.5, 0.6) is 0 Å². The minimum atomic E-state index is -4.43. The van der Waals surface area contributed by atoms with E-state index in [1.807, 2.05) is 29.2 Å². The maximum absolute atomic E-state index is 12.8. The number of pyridine rings is 1. The molecule has 3 nitrogen and oxygen atoms in total. The van der Waals surface area contributed by atoms with Crippen molar-refractivity contribution < 1.29 is 13.2 Å². The van der Waals surface area contributed by atoms with Crippen molar-refractivity contribution >= 4 is 11.5 Å². The smallest absolute Gasteiger partial charge is 0.325 e. The Labute approximate surface area is 120 Å². The monoisotopic (exact) mass is 293 g/mol. The molecular formula is C15H14F3N3. The van der Waals surface area contributed by atoms with E-state index >= 15 is 0 Å². The molecule has 110 valence electrons. The van der Waals surface area contributed by atoms with Gasteiger partial charge in [-0.2, -0.15) is 13.2 Å². The highest BCUT2D eigenvalue weighted by atomic mass is 19.4. The summed E-state index contributed by atoms with van der Waals surface area (Å²) in [6.07, 6.45) is -4.43. The maximum atomic E-state index is 12.8. The van der Waals surface area contributed by atoms with Gasteiger partial charge in [-0.15, -0.1) is 0 Å². The number of anilines is 2. The molecule has 0 atom stereocenters. The van der Waals surface area contributed by atoms with E-state index in [9.17, 15) is 13.2 Å². The molecule has 0 fully saturated rings. The summed E-state index contributed by atoms with van der Waals surface area (Å²) < 4.78 is 38.5. The summed E-state index contributed by atoms with van der Waals surface area (Å²) in [6.45, 7) is 1.96. The number of fused-ring (bicyclic) bond motifs is 1. The topological polar surface area (TPSA) is 28.2 Å². The van der Waals surface area contributed by atoms with Crippen molar-refractivity contribution in [1.82, 2.24) is 10.3 Å². The zero-order valence-electron chi connectivity index (χ0n) is 11.2. The summed E-state index contributed by atoms with van der Waals surface area (Å²) in [5.74, 6) is 0.320. The van der Waals surface area contributed by atoms with E-state index in [0.29, 0.717) is 25.5 Å². The Bertz CT molecular complexity index is 640. The SMILES string of the molecule is FC(F)(F)c1cccc(N2CCNCc3ccccc32)n1. The molecule has 0 saturated carbocycles. The van der Waals surface area contributed by atoms with Gasteiger partial charge in [0.1, 0.15) is 11.5 Å². The second kappa shape index (κ2) is 5.37. The molecule has 0 spiro atoms. The molecule has 3 rings (SSSR count). The molecule has 1 aliphatic rings. The van der Waals surface area contributed by atoms with Gasteiger partial charge in [0.2, 0.25) is 0 Å². The fourth-order valence-electron chi connectivity index (χ4n) is 2.43. The van der Waals surface area contributed by atoms with Crippen LogP contribution in [0.25, 0.3) is 0 Å². The number of hydrogen-bond acceptors (Lipinski definition) is 3. The van der Waals surface area contributed by atoms with E-state index in [1.54, 1.807) is 6.07 Å². The Kier molecular flexibility index (Phi) is 3.55.